The highest BCUT2D eigenvalue weighted by molar-refractivity contribution is 5.89. The van der Waals surface area contributed by atoms with E-state index in [1.165, 1.54) is 14.0 Å². The molecule has 2 N–H and O–H groups in total. The number of fused-ring (bicyclic) bond motifs is 5. The molecule has 4 aliphatic carbocycles. The zero-order chi connectivity index (χ0) is 31.2. The number of ether oxygens (including phenoxy) is 2. The van der Waals surface area contributed by atoms with Crippen LogP contribution in [0.15, 0.2) is 24.3 Å². The Morgan fingerprint density at radius 2 is 1.72 bits per heavy atom. The van der Waals surface area contributed by atoms with Gasteiger partial charge in [0.25, 0.3) is 0 Å². The molecule has 0 saturated heterocycles. The van der Waals surface area contributed by atoms with Gasteiger partial charge in [-0.15, -0.1) is 0 Å². The lowest BCUT2D eigenvalue weighted by atomic mass is 9.43. The Morgan fingerprint density at radius 1 is 1.02 bits per heavy atom. The van der Waals surface area contributed by atoms with Crippen molar-refractivity contribution in [2.24, 2.45) is 46.3 Å². The fraction of sp³-hybridized carbons (Fsp3) is 0.694. The van der Waals surface area contributed by atoms with Crippen molar-refractivity contribution in [3.8, 4) is 11.8 Å². The van der Waals surface area contributed by atoms with Gasteiger partial charge in [-0.25, -0.2) is 4.79 Å². The molecule has 0 aromatic heterocycles. The Kier molecular flexibility index (Phi) is 8.75. The Bertz CT molecular complexity index is 1290. The first-order valence-corrected chi connectivity index (χ1v) is 16.1. The lowest BCUT2D eigenvalue weighted by Gasteiger charge is -2.63. The van der Waals surface area contributed by atoms with Crippen LogP contribution in [0.4, 0.5) is 0 Å². The fourth-order valence-corrected chi connectivity index (χ4v) is 10.2. The lowest BCUT2D eigenvalue weighted by Crippen LogP contribution is -2.60. The molecule has 0 heterocycles. The molecule has 10 atom stereocenters. The van der Waals surface area contributed by atoms with Crippen LogP contribution in [0.2, 0.25) is 0 Å². The van der Waals surface area contributed by atoms with Crippen LogP contribution in [-0.2, 0) is 19.1 Å². The van der Waals surface area contributed by atoms with Gasteiger partial charge >= 0.3 is 17.9 Å². The number of benzene rings is 1. The van der Waals surface area contributed by atoms with E-state index < -0.39 is 17.5 Å². The molecule has 1 aromatic carbocycles. The molecule has 0 spiro atoms. The number of carboxylic acids is 1. The molecular weight excluding hydrogens is 544 g/mol. The third kappa shape index (κ3) is 5.97. The maximum Gasteiger partial charge on any atom is 0.337 e. The second-order valence-electron chi connectivity index (χ2n) is 14.6. The lowest BCUT2D eigenvalue weighted by molar-refractivity contribution is -0.198. The highest BCUT2D eigenvalue weighted by atomic mass is 16.5. The summed E-state index contributed by atoms with van der Waals surface area (Å²) in [5, 5.41) is 21.0. The van der Waals surface area contributed by atoms with Crippen molar-refractivity contribution < 1.29 is 34.1 Å². The number of esters is 2. The molecule has 4 aliphatic rings. The molecule has 234 valence electrons. The summed E-state index contributed by atoms with van der Waals surface area (Å²) < 4.78 is 10.9. The quantitative estimate of drug-likeness (QED) is 0.296. The maximum absolute atomic E-state index is 12.4. The summed E-state index contributed by atoms with van der Waals surface area (Å²) in [7, 11) is 1.35. The first-order valence-electron chi connectivity index (χ1n) is 16.1. The van der Waals surface area contributed by atoms with E-state index in [9.17, 15) is 24.6 Å². The second-order valence-corrected chi connectivity index (χ2v) is 14.6. The predicted octanol–water partition coefficient (Wildman–Crippen LogP) is 6.26. The number of aliphatic hydroxyl groups is 1. The second kappa shape index (κ2) is 11.9. The Hall–Kier alpha value is -2.85. The van der Waals surface area contributed by atoms with Crippen molar-refractivity contribution >= 4 is 17.9 Å². The third-order valence-electron chi connectivity index (χ3n) is 12.4. The Morgan fingerprint density at radius 3 is 2.37 bits per heavy atom. The average Bonchev–Trinajstić information content (AvgIpc) is 3.32. The topological polar surface area (TPSA) is 110 Å². The number of hydrogen-bond donors (Lipinski definition) is 2. The van der Waals surface area contributed by atoms with E-state index in [1.54, 1.807) is 24.3 Å². The van der Waals surface area contributed by atoms with E-state index in [4.69, 9.17) is 9.47 Å². The monoisotopic (exact) mass is 592 g/mol. The van der Waals surface area contributed by atoms with Crippen molar-refractivity contribution in [3.05, 3.63) is 35.4 Å². The van der Waals surface area contributed by atoms with Crippen molar-refractivity contribution in [1.82, 2.24) is 0 Å². The van der Waals surface area contributed by atoms with E-state index in [0.717, 1.165) is 44.1 Å². The summed E-state index contributed by atoms with van der Waals surface area (Å²) in [6.07, 6.45) is 7.89. The van der Waals surface area contributed by atoms with Gasteiger partial charge in [-0.05, 0) is 122 Å². The van der Waals surface area contributed by atoms with E-state index in [1.807, 2.05) is 0 Å². The highest BCUT2D eigenvalue weighted by Crippen LogP contribution is 2.69. The fourth-order valence-electron chi connectivity index (χ4n) is 10.2. The van der Waals surface area contributed by atoms with Gasteiger partial charge in [-0.2, -0.15) is 0 Å². The van der Waals surface area contributed by atoms with E-state index in [2.05, 4.69) is 32.6 Å². The summed E-state index contributed by atoms with van der Waals surface area (Å²) in [6, 6.07) is 6.90. The van der Waals surface area contributed by atoms with E-state index in [0.29, 0.717) is 48.5 Å². The molecule has 0 unspecified atom stereocenters. The average molecular weight is 593 g/mol. The van der Waals surface area contributed by atoms with Crippen LogP contribution >= 0.6 is 0 Å². The van der Waals surface area contributed by atoms with Crippen LogP contribution in [-0.4, -0.2) is 46.9 Å². The molecule has 0 aliphatic heterocycles. The molecule has 0 bridgehead atoms. The molecule has 7 heteroatoms. The van der Waals surface area contributed by atoms with Gasteiger partial charge in [0, 0.05) is 24.8 Å². The summed E-state index contributed by atoms with van der Waals surface area (Å²) in [5.74, 6) is 7.10. The largest absolute Gasteiger partial charge is 0.481 e. The van der Waals surface area contributed by atoms with Gasteiger partial charge < -0.3 is 19.7 Å². The molecule has 5 rings (SSSR count). The summed E-state index contributed by atoms with van der Waals surface area (Å²) in [6.45, 7) is 8.56. The van der Waals surface area contributed by atoms with Crippen molar-refractivity contribution in [2.75, 3.05) is 7.11 Å². The van der Waals surface area contributed by atoms with Crippen LogP contribution in [0.25, 0.3) is 0 Å². The van der Waals surface area contributed by atoms with Gasteiger partial charge in [0.1, 0.15) is 11.7 Å². The number of aliphatic carboxylic acids is 1. The minimum absolute atomic E-state index is 0.0335. The number of carbonyl (C=O) groups is 3. The van der Waals surface area contributed by atoms with Gasteiger partial charge in [0.15, 0.2) is 0 Å². The number of carbonyl (C=O) groups excluding carboxylic acids is 2. The summed E-state index contributed by atoms with van der Waals surface area (Å²) >= 11 is 0. The number of carboxylic acid groups (broad SMARTS) is 1. The zero-order valence-corrected chi connectivity index (χ0v) is 26.4. The molecule has 4 saturated carbocycles. The van der Waals surface area contributed by atoms with Gasteiger partial charge in [-0.1, -0.05) is 32.6 Å². The van der Waals surface area contributed by atoms with Crippen molar-refractivity contribution in [3.63, 3.8) is 0 Å². The normalized spacial score (nSPS) is 38.7. The minimum Gasteiger partial charge on any atom is -0.481 e. The van der Waals surface area contributed by atoms with Gasteiger partial charge in [-0.3, -0.25) is 9.59 Å². The molecule has 7 nitrogen and oxygen atoms in total. The predicted molar refractivity (Wildman–Crippen MR) is 162 cm³/mol. The first kappa shape index (κ1) is 31.6. The number of rotatable bonds is 6. The van der Waals surface area contributed by atoms with Crippen LogP contribution in [0.5, 0.6) is 0 Å². The molecular formula is C36H48O7. The smallest absolute Gasteiger partial charge is 0.337 e. The number of methoxy groups -OCH3 is 1. The first-order chi connectivity index (χ1) is 20.3. The van der Waals surface area contributed by atoms with Crippen LogP contribution < -0.4 is 0 Å². The standard InChI is InChI=1S/C36H48O7/c1-22(6-13-31(38)39)27-11-12-28-32-29(15-16-35(27,28)4)34(3)18-19-36(41,21-26(34)20-30(32)43-23(2)37)17-14-24-7-9-25(10-8-24)33(40)42-5/h7-10,22,26-30,32,41H,6,11-13,15-16,18-21H2,1-5H3,(H,38,39)/t22-,26-,27-,28+,29+,30-,32+,34+,35-,36+/m1/s1. The van der Waals surface area contributed by atoms with Crippen LogP contribution in [0.3, 0.4) is 0 Å². The molecule has 4 fully saturated rings. The van der Waals surface area contributed by atoms with E-state index >= 15 is 0 Å². The maximum atomic E-state index is 12.4. The molecule has 43 heavy (non-hydrogen) atoms. The number of hydrogen-bond acceptors (Lipinski definition) is 6. The highest BCUT2D eigenvalue weighted by Gasteiger charge is 2.64. The van der Waals surface area contributed by atoms with Crippen molar-refractivity contribution in [2.45, 2.75) is 104 Å². The summed E-state index contributed by atoms with van der Waals surface area (Å²) in [5.41, 5.74) is 0.215. The Labute approximate surface area is 256 Å². The minimum atomic E-state index is -1.12. The van der Waals surface area contributed by atoms with Crippen LogP contribution in [0.1, 0.15) is 108 Å². The molecule has 1 aromatic rings. The molecule has 0 radical (unpaired) electrons. The molecule has 0 amide bonds. The summed E-state index contributed by atoms with van der Waals surface area (Å²) in [4.78, 5) is 35.5. The zero-order valence-electron chi connectivity index (χ0n) is 26.4. The van der Waals surface area contributed by atoms with Crippen molar-refractivity contribution in [1.29, 1.82) is 0 Å². The van der Waals surface area contributed by atoms with Gasteiger partial charge in [0.2, 0.25) is 0 Å². The third-order valence-corrected chi connectivity index (χ3v) is 12.4. The van der Waals surface area contributed by atoms with Gasteiger partial charge in [0.05, 0.1) is 12.7 Å². The van der Waals surface area contributed by atoms with Crippen LogP contribution in [0, 0.1) is 58.2 Å². The Balaban J connectivity index is 1.37. The SMILES string of the molecule is COC(=O)c1ccc(C#C[C@]2(O)CC[C@@]3(C)[C@H](C[C@@H](OC(C)=O)[C@@H]4[C@@H]3CC[C@]3(C)[C@@H]([C@H](C)CCC(=O)O)CC[C@@H]43)C2)cc1. The van der Waals surface area contributed by atoms with E-state index in [-0.39, 0.29) is 41.2 Å².